The number of carbonyl (C=O) groups excluding carboxylic acids is 1. The zero-order valence-corrected chi connectivity index (χ0v) is 11.7. The lowest BCUT2D eigenvalue weighted by atomic mass is 10.2. The smallest absolute Gasteiger partial charge is 0.408 e. The first kappa shape index (κ1) is 15.1. The Hall–Kier alpha value is -3.31. The first-order valence-electron chi connectivity index (χ1n) is 6.58. The van der Waals surface area contributed by atoms with Crippen LogP contribution in [0.3, 0.4) is 0 Å². The van der Waals surface area contributed by atoms with Crippen LogP contribution in [0.2, 0.25) is 0 Å². The number of rotatable bonds is 3. The molecule has 1 heterocycles. The molecule has 0 bridgehead atoms. The number of ether oxygens (including phenoxy) is 1. The number of nitriles is 1. The van der Waals surface area contributed by atoms with Crippen molar-refractivity contribution in [2.75, 3.05) is 6.54 Å². The zero-order valence-electron chi connectivity index (χ0n) is 11.7. The summed E-state index contributed by atoms with van der Waals surface area (Å²) in [7, 11) is 0. The molecule has 2 rings (SSSR count). The lowest BCUT2D eigenvalue weighted by Crippen LogP contribution is -2.24. The molecule has 1 N–H and O–H groups in total. The number of carbonyl (C=O) groups is 1. The molecule has 0 aliphatic rings. The van der Waals surface area contributed by atoms with Crippen molar-refractivity contribution in [3.8, 4) is 17.9 Å². The Morgan fingerprint density at radius 3 is 2.68 bits per heavy atom. The number of nitrogens with one attached hydrogen (secondary N) is 1. The first-order chi connectivity index (χ1) is 10.8. The molecule has 0 saturated carbocycles. The van der Waals surface area contributed by atoms with Crippen LogP contribution in [-0.4, -0.2) is 17.6 Å². The van der Waals surface area contributed by atoms with Crippen LogP contribution in [0.5, 0.6) is 0 Å². The van der Waals surface area contributed by atoms with Crippen molar-refractivity contribution in [1.82, 2.24) is 10.3 Å². The van der Waals surface area contributed by atoms with Crippen LogP contribution >= 0.6 is 0 Å². The number of hydrogen-bond acceptors (Lipinski definition) is 4. The fourth-order valence-corrected chi connectivity index (χ4v) is 1.59. The Labute approximate surface area is 128 Å². The van der Waals surface area contributed by atoms with Crippen molar-refractivity contribution in [3.63, 3.8) is 0 Å². The number of amides is 1. The van der Waals surface area contributed by atoms with Gasteiger partial charge in [0, 0.05) is 0 Å². The Kier molecular flexibility index (Phi) is 5.54. The lowest BCUT2D eigenvalue weighted by Gasteiger charge is -2.04. The minimum Gasteiger partial charge on any atom is -0.445 e. The monoisotopic (exact) mass is 291 g/mol. The maximum atomic E-state index is 11.5. The number of hydrogen-bond donors (Lipinski definition) is 1. The molecule has 0 unspecified atom stereocenters. The minimum absolute atomic E-state index is 0.145. The molecule has 1 amide bonds. The number of nitrogens with zero attached hydrogens (tertiary/aromatic N) is 2. The highest BCUT2D eigenvalue weighted by molar-refractivity contribution is 5.67. The Morgan fingerprint density at radius 2 is 1.91 bits per heavy atom. The fraction of sp³-hybridized carbons (Fsp3) is 0.118. The molecule has 1 aromatic carbocycles. The summed E-state index contributed by atoms with van der Waals surface area (Å²) in [6.45, 7) is 0.359. The topological polar surface area (TPSA) is 75.0 Å². The van der Waals surface area contributed by atoms with Gasteiger partial charge in [0.1, 0.15) is 24.1 Å². The molecular formula is C17H13N3O2. The molecule has 2 aromatic rings. The van der Waals surface area contributed by atoms with E-state index in [0.717, 1.165) is 5.56 Å². The highest BCUT2D eigenvalue weighted by Crippen LogP contribution is 2.00. The van der Waals surface area contributed by atoms with Gasteiger partial charge in [-0.3, -0.25) is 0 Å². The van der Waals surface area contributed by atoms with E-state index in [9.17, 15) is 4.79 Å². The fourth-order valence-electron chi connectivity index (χ4n) is 1.59. The maximum Gasteiger partial charge on any atom is 0.408 e. The molecular weight excluding hydrogens is 278 g/mol. The summed E-state index contributed by atoms with van der Waals surface area (Å²) >= 11 is 0. The highest BCUT2D eigenvalue weighted by atomic mass is 16.5. The molecule has 0 spiro atoms. The van der Waals surface area contributed by atoms with Crippen LogP contribution in [0.15, 0.2) is 48.5 Å². The first-order valence-corrected chi connectivity index (χ1v) is 6.58. The predicted octanol–water partition coefficient (Wildman–Crippen LogP) is 2.23. The second kappa shape index (κ2) is 8.08. The van der Waals surface area contributed by atoms with Crippen LogP contribution in [0, 0.1) is 23.2 Å². The van der Waals surface area contributed by atoms with Gasteiger partial charge in [-0.1, -0.05) is 42.3 Å². The zero-order chi connectivity index (χ0) is 15.6. The van der Waals surface area contributed by atoms with Gasteiger partial charge in [0.15, 0.2) is 0 Å². The molecule has 1 aromatic heterocycles. The normalized spacial score (nSPS) is 9.05. The van der Waals surface area contributed by atoms with E-state index in [4.69, 9.17) is 10.00 Å². The van der Waals surface area contributed by atoms with Crippen molar-refractivity contribution in [3.05, 3.63) is 65.5 Å². The van der Waals surface area contributed by atoms with E-state index in [-0.39, 0.29) is 13.2 Å². The number of pyridine rings is 1. The summed E-state index contributed by atoms with van der Waals surface area (Å²) in [5.41, 5.74) is 1.71. The second-order valence-corrected chi connectivity index (χ2v) is 4.24. The molecule has 0 atom stereocenters. The van der Waals surface area contributed by atoms with Crippen molar-refractivity contribution in [2.24, 2.45) is 0 Å². The summed E-state index contributed by atoms with van der Waals surface area (Å²) < 4.78 is 5.04. The third-order valence-corrected chi connectivity index (χ3v) is 2.61. The molecule has 0 saturated heterocycles. The van der Waals surface area contributed by atoms with Gasteiger partial charge in [0.05, 0.1) is 6.54 Å². The van der Waals surface area contributed by atoms with E-state index >= 15 is 0 Å². The SMILES string of the molecule is N#Cc1cccc(C#CCNC(=O)OCc2ccccc2)n1. The molecule has 0 aliphatic carbocycles. The van der Waals surface area contributed by atoms with Gasteiger partial charge in [-0.05, 0) is 23.6 Å². The van der Waals surface area contributed by atoms with Gasteiger partial charge in [0.25, 0.3) is 0 Å². The molecule has 5 heteroatoms. The van der Waals surface area contributed by atoms with E-state index in [2.05, 4.69) is 22.1 Å². The third kappa shape index (κ3) is 4.99. The quantitative estimate of drug-likeness (QED) is 0.880. The van der Waals surface area contributed by atoms with Gasteiger partial charge in [-0.25, -0.2) is 9.78 Å². The predicted molar refractivity (Wildman–Crippen MR) is 80.5 cm³/mol. The average Bonchev–Trinajstić information content (AvgIpc) is 2.58. The molecule has 0 aliphatic heterocycles. The average molecular weight is 291 g/mol. The largest absolute Gasteiger partial charge is 0.445 e. The highest BCUT2D eigenvalue weighted by Gasteiger charge is 2.00. The van der Waals surface area contributed by atoms with Gasteiger partial charge in [0.2, 0.25) is 0 Å². The Balaban J connectivity index is 1.75. The van der Waals surface area contributed by atoms with Gasteiger partial charge in [-0.15, -0.1) is 0 Å². The summed E-state index contributed by atoms with van der Waals surface area (Å²) in [6.07, 6.45) is -0.531. The minimum atomic E-state index is -0.531. The van der Waals surface area contributed by atoms with E-state index in [0.29, 0.717) is 11.4 Å². The summed E-state index contributed by atoms with van der Waals surface area (Å²) in [6, 6.07) is 16.4. The molecule has 5 nitrogen and oxygen atoms in total. The third-order valence-electron chi connectivity index (χ3n) is 2.61. The molecule has 22 heavy (non-hydrogen) atoms. The molecule has 0 fully saturated rings. The van der Waals surface area contributed by atoms with Crippen molar-refractivity contribution in [1.29, 1.82) is 5.26 Å². The summed E-state index contributed by atoms with van der Waals surface area (Å²) in [5.74, 6) is 5.51. The van der Waals surface area contributed by atoms with Gasteiger partial charge < -0.3 is 10.1 Å². The second-order valence-electron chi connectivity index (χ2n) is 4.24. The Morgan fingerprint density at radius 1 is 1.14 bits per heavy atom. The summed E-state index contributed by atoms with van der Waals surface area (Å²) in [4.78, 5) is 15.5. The van der Waals surface area contributed by atoms with Crippen LogP contribution in [0.25, 0.3) is 0 Å². The van der Waals surface area contributed by atoms with Gasteiger partial charge >= 0.3 is 6.09 Å². The van der Waals surface area contributed by atoms with Crippen LogP contribution < -0.4 is 5.32 Å². The van der Waals surface area contributed by atoms with E-state index < -0.39 is 6.09 Å². The number of aromatic nitrogens is 1. The van der Waals surface area contributed by atoms with E-state index in [1.807, 2.05) is 36.4 Å². The standard InChI is InChI=1S/C17H13N3O2/c18-12-16-9-4-8-15(20-16)10-5-11-19-17(21)22-13-14-6-2-1-3-7-14/h1-4,6-9H,11,13H2,(H,19,21). The van der Waals surface area contributed by atoms with Crippen LogP contribution in [0.1, 0.15) is 17.0 Å². The molecule has 108 valence electrons. The van der Waals surface area contributed by atoms with Crippen molar-refractivity contribution < 1.29 is 9.53 Å². The molecule has 0 radical (unpaired) electrons. The lowest BCUT2D eigenvalue weighted by molar-refractivity contribution is 0.141. The number of benzene rings is 1. The number of alkyl carbamates (subject to hydrolysis) is 1. The van der Waals surface area contributed by atoms with Crippen LogP contribution in [-0.2, 0) is 11.3 Å². The van der Waals surface area contributed by atoms with Crippen molar-refractivity contribution >= 4 is 6.09 Å². The van der Waals surface area contributed by atoms with Gasteiger partial charge in [-0.2, -0.15) is 5.26 Å². The van der Waals surface area contributed by atoms with Crippen LogP contribution in [0.4, 0.5) is 4.79 Å². The van der Waals surface area contributed by atoms with E-state index in [1.165, 1.54) is 0 Å². The maximum absolute atomic E-state index is 11.5. The summed E-state index contributed by atoms with van der Waals surface area (Å²) in [5, 5.41) is 11.2. The van der Waals surface area contributed by atoms with E-state index in [1.54, 1.807) is 18.2 Å². The Bertz CT molecular complexity index is 740. The van der Waals surface area contributed by atoms with Crippen molar-refractivity contribution in [2.45, 2.75) is 6.61 Å².